The molecule has 5 nitrogen and oxygen atoms in total. The van der Waals surface area contributed by atoms with E-state index in [-0.39, 0.29) is 18.3 Å². The fourth-order valence-corrected chi connectivity index (χ4v) is 5.44. The van der Waals surface area contributed by atoms with E-state index in [2.05, 4.69) is 54.7 Å². The Bertz CT molecular complexity index is 1230. The first kappa shape index (κ1) is 38.1. The number of anilines is 1. The molecule has 3 atom stereocenters. The van der Waals surface area contributed by atoms with Gasteiger partial charge in [-0.2, -0.15) is 0 Å². The maximum Gasteiger partial charge on any atom is 0.123 e. The summed E-state index contributed by atoms with van der Waals surface area (Å²) in [6.07, 6.45) is 22.4. The molecule has 1 saturated heterocycles. The van der Waals surface area contributed by atoms with Crippen LogP contribution in [0.4, 0.5) is 5.69 Å². The molecular weight excluding hydrogens is 582 g/mol. The summed E-state index contributed by atoms with van der Waals surface area (Å²) in [6, 6.07) is 14.3. The molecule has 0 amide bonds. The van der Waals surface area contributed by atoms with E-state index in [9.17, 15) is 9.90 Å². The largest absolute Gasteiger partial charge is 0.494 e. The molecule has 1 heterocycles. The summed E-state index contributed by atoms with van der Waals surface area (Å²) in [4.78, 5) is 10.0. The van der Waals surface area contributed by atoms with Crippen LogP contribution in [-0.4, -0.2) is 37.3 Å². The minimum atomic E-state index is -0.336. The molecule has 1 aliphatic heterocycles. The first-order valence-corrected chi connectivity index (χ1v) is 16.8. The number of aryl methyl sites for hydroxylation is 1. The highest BCUT2D eigenvalue weighted by atomic mass is 35.5. The normalized spacial score (nSPS) is 20.5. The molecule has 2 aromatic carbocycles. The number of aliphatic hydroxyl groups is 1. The van der Waals surface area contributed by atoms with Crippen molar-refractivity contribution < 1.29 is 19.4 Å². The lowest BCUT2D eigenvalue weighted by molar-refractivity contribution is -0.110. The van der Waals surface area contributed by atoms with Crippen molar-refractivity contribution in [1.29, 1.82) is 0 Å². The van der Waals surface area contributed by atoms with Crippen LogP contribution in [0.2, 0.25) is 5.02 Å². The fourth-order valence-electron chi connectivity index (χ4n) is 5.25. The molecule has 0 radical (unpaired) electrons. The van der Waals surface area contributed by atoms with Crippen molar-refractivity contribution in [1.82, 2.24) is 0 Å². The summed E-state index contributed by atoms with van der Waals surface area (Å²) in [5.41, 5.74) is 4.59. The van der Waals surface area contributed by atoms with Gasteiger partial charge in [0.2, 0.25) is 0 Å². The average molecular weight is 636 g/mol. The molecule has 2 aromatic rings. The molecule has 4 rings (SSSR count). The van der Waals surface area contributed by atoms with Gasteiger partial charge in [-0.05, 0) is 101 Å². The first-order chi connectivity index (χ1) is 21.8. The number of hydrogen-bond acceptors (Lipinski definition) is 5. The van der Waals surface area contributed by atoms with Crippen LogP contribution in [0.3, 0.4) is 0 Å². The number of rotatable bonds is 11. The fraction of sp³-hybridized carbons (Fsp3) is 0.462. The summed E-state index contributed by atoms with van der Waals surface area (Å²) in [5.74, 6) is 1.25. The highest BCUT2D eigenvalue weighted by Gasteiger charge is 2.29. The Morgan fingerprint density at radius 3 is 2.40 bits per heavy atom. The smallest absolute Gasteiger partial charge is 0.123 e. The number of aldehydes is 1. The van der Waals surface area contributed by atoms with Crippen molar-refractivity contribution in [2.24, 2.45) is 5.92 Å². The van der Waals surface area contributed by atoms with E-state index in [0.717, 1.165) is 53.9 Å². The quantitative estimate of drug-likeness (QED) is 0.111. The Labute approximate surface area is 277 Å². The van der Waals surface area contributed by atoms with Gasteiger partial charge in [0.05, 0.1) is 24.9 Å². The van der Waals surface area contributed by atoms with Gasteiger partial charge in [0.15, 0.2) is 0 Å². The summed E-state index contributed by atoms with van der Waals surface area (Å²) in [6.45, 7) is 8.66. The molecule has 0 bridgehead atoms. The van der Waals surface area contributed by atoms with E-state index >= 15 is 0 Å². The Morgan fingerprint density at radius 2 is 1.80 bits per heavy atom. The molecular formula is C39H54ClNO4. The van der Waals surface area contributed by atoms with Crippen molar-refractivity contribution in [2.75, 3.05) is 19.0 Å². The van der Waals surface area contributed by atoms with Gasteiger partial charge in [0, 0.05) is 30.1 Å². The summed E-state index contributed by atoms with van der Waals surface area (Å²) >= 11 is 6.42. The third-order valence-corrected chi connectivity index (χ3v) is 8.13. The molecule has 246 valence electrons. The second-order valence-electron chi connectivity index (χ2n) is 11.5. The molecule has 6 heteroatoms. The zero-order valence-corrected chi connectivity index (χ0v) is 28.6. The van der Waals surface area contributed by atoms with Crippen LogP contribution in [0.1, 0.15) is 88.5 Å². The highest BCUT2D eigenvalue weighted by Crippen LogP contribution is 2.34. The molecule has 0 aromatic heterocycles. The van der Waals surface area contributed by atoms with Crippen LogP contribution >= 0.6 is 11.6 Å². The number of carbonyl (C=O) groups is 1. The van der Waals surface area contributed by atoms with Crippen LogP contribution in [0.25, 0.3) is 0 Å². The van der Waals surface area contributed by atoms with Crippen LogP contribution < -0.4 is 5.32 Å². The minimum Gasteiger partial charge on any atom is -0.494 e. The standard InChI is InChI=1S/C25H33ClO3.C8H11N.C6H10O/c1-4-7-12-23-17-21(27)18-25(29-23)20-14-15-24(26)19(16-20)11-8-9-13-22(10-5-2)28-6-3;1-7-3-5-8(9-2)6-4-7;7-5-6-3-1-2-4-6/h4-5,7-10,13-16,21,23,25,27H,6,11-12,17-18H2,1-3H3;3-6,9H,1-2H3;5-6H,1-4H2/b7-4+,9-8+,10-5-,22-13+;;. The molecule has 2 aliphatic rings. The number of nitrogens with one attached hydrogen (secondary N) is 1. The summed E-state index contributed by atoms with van der Waals surface area (Å²) < 4.78 is 11.8. The lowest BCUT2D eigenvalue weighted by Crippen LogP contribution is -2.31. The Hall–Kier alpha value is -3.12. The minimum absolute atomic E-state index is 0.0488. The van der Waals surface area contributed by atoms with E-state index in [0.29, 0.717) is 25.4 Å². The number of halogens is 1. The second kappa shape index (κ2) is 22.4. The Kier molecular flexibility index (Phi) is 18.9. The number of allylic oxidation sites excluding steroid dienone is 6. The molecule has 2 fully saturated rings. The SMILES string of the molecule is CNc1ccc(C)cc1.C\C=C/C(=C\C=C\Cc1cc(C2CC(O)CC(C/C=C/C)O2)ccc1Cl)OCC.O=CC1CCCC1. The van der Waals surface area contributed by atoms with E-state index in [4.69, 9.17) is 21.1 Å². The van der Waals surface area contributed by atoms with Gasteiger partial charge in [0.1, 0.15) is 12.0 Å². The van der Waals surface area contributed by atoms with E-state index < -0.39 is 0 Å². The monoisotopic (exact) mass is 635 g/mol. The van der Waals surface area contributed by atoms with Crippen LogP contribution in [0, 0.1) is 12.8 Å². The maximum atomic E-state index is 10.3. The maximum absolute atomic E-state index is 10.3. The topological polar surface area (TPSA) is 67.8 Å². The number of benzene rings is 2. The molecule has 3 unspecified atom stereocenters. The first-order valence-electron chi connectivity index (χ1n) is 16.4. The molecule has 1 aliphatic carbocycles. The second-order valence-corrected chi connectivity index (χ2v) is 11.9. The van der Waals surface area contributed by atoms with Gasteiger partial charge in [-0.3, -0.25) is 0 Å². The van der Waals surface area contributed by atoms with Crippen LogP contribution in [0.15, 0.2) is 90.8 Å². The van der Waals surface area contributed by atoms with Gasteiger partial charge in [-0.25, -0.2) is 0 Å². The lowest BCUT2D eigenvalue weighted by atomic mass is 9.93. The molecule has 45 heavy (non-hydrogen) atoms. The van der Waals surface area contributed by atoms with E-state index in [1.54, 1.807) is 0 Å². The van der Waals surface area contributed by atoms with Gasteiger partial charge in [-0.1, -0.05) is 84.7 Å². The zero-order valence-electron chi connectivity index (χ0n) is 27.9. The number of carbonyl (C=O) groups excluding carboxylic acids is 1. The number of hydrogen-bond donors (Lipinski definition) is 2. The molecule has 2 N–H and O–H groups in total. The van der Waals surface area contributed by atoms with Gasteiger partial charge in [-0.15, -0.1) is 0 Å². The van der Waals surface area contributed by atoms with Crippen LogP contribution in [-0.2, 0) is 20.7 Å². The van der Waals surface area contributed by atoms with Crippen molar-refractivity contribution in [2.45, 2.75) is 97.4 Å². The van der Waals surface area contributed by atoms with E-state index in [1.165, 1.54) is 24.1 Å². The van der Waals surface area contributed by atoms with Gasteiger partial charge in [0.25, 0.3) is 0 Å². The van der Waals surface area contributed by atoms with Crippen LogP contribution in [0.5, 0.6) is 0 Å². The summed E-state index contributed by atoms with van der Waals surface area (Å²) in [7, 11) is 1.92. The van der Waals surface area contributed by atoms with Crippen molar-refractivity contribution >= 4 is 23.6 Å². The van der Waals surface area contributed by atoms with Crippen molar-refractivity contribution in [3.8, 4) is 0 Å². The zero-order chi connectivity index (χ0) is 32.9. The van der Waals surface area contributed by atoms with Crippen molar-refractivity contribution in [3.63, 3.8) is 0 Å². The third kappa shape index (κ3) is 15.1. The van der Waals surface area contributed by atoms with Gasteiger partial charge >= 0.3 is 0 Å². The summed E-state index contributed by atoms with van der Waals surface area (Å²) in [5, 5.41) is 14.1. The highest BCUT2D eigenvalue weighted by molar-refractivity contribution is 6.31. The molecule has 1 saturated carbocycles. The third-order valence-electron chi connectivity index (χ3n) is 7.76. The number of ether oxygens (including phenoxy) is 2. The Morgan fingerprint density at radius 1 is 1.07 bits per heavy atom. The number of aliphatic hydroxyl groups excluding tert-OH is 1. The average Bonchev–Trinajstić information content (AvgIpc) is 3.58. The lowest BCUT2D eigenvalue weighted by Gasteiger charge is -2.33. The van der Waals surface area contributed by atoms with Crippen molar-refractivity contribution in [3.05, 3.63) is 112 Å². The Balaban J connectivity index is 0.000000354. The van der Waals surface area contributed by atoms with Gasteiger partial charge < -0.3 is 24.7 Å². The molecule has 0 spiro atoms. The van der Waals surface area contributed by atoms with E-state index in [1.807, 2.05) is 70.3 Å². The predicted molar refractivity (Wildman–Crippen MR) is 190 cm³/mol. The predicted octanol–water partition coefficient (Wildman–Crippen LogP) is 9.89.